The first-order chi connectivity index (χ1) is 6.77. The van der Waals surface area contributed by atoms with E-state index in [1.807, 2.05) is 0 Å². The summed E-state index contributed by atoms with van der Waals surface area (Å²) in [4.78, 5) is 10.9. The second kappa shape index (κ2) is 3.37. The van der Waals surface area contributed by atoms with E-state index in [-0.39, 0.29) is 11.5 Å². The van der Waals surface area contributed by atoms with Gasteiger partial charge in [-0.15, -0.1) is 5.10 Å². The van der Waals surface area contributed by atoms with Gasteiger partial charge in [0.2, 0.25) is 5.76 Å². The summed E-state index contributed by atoms with van der Waals surface area (Å²) in [7, 11) is 0. The van der Waals surface area contributed by atoms with Gasteiger partial charge in [-0.05, 0) is 12.1 Å². The molecular formula is C9H7N3O2. The van der Waals surface area contributed by atoms with Crippen molar-refractivity contribution in [2.75, 3.05) is 0 Å². The van der Waals surface area contributed by atoms with Gasteiger partial charge in [0.05, 0.1) is 0 Å². The van der Waals surface area contributed by atoms with Crippen LogP contribution in [0.2, 0.25) is 0 Å². The highest BCUT2D eigenvalue weighted by molar-refractivity contribution is 5.92. The van der Waals surface area contributed by atoms with Gasteiger partial charge >= 0.3 is 0 Å². The molecule has 2 aromatic heterocycles. The lowest BCUT2D eigenvalue weighted by atomic mass is 10.2. The highest BCUT2D eigenvalue weighted by atomic mass is 16.5. The van der Waals surface area contributed by atoms with Gasteiger partial charge in [-0.25, -0.2) is 0 Å². The molecule has 0 spiro atoms. The zero-order chi connectivity index (χ0) is 9.97. The molecule has 2 heterocycles. The predicted octanol–water partition coefficient (Wildman–Crippen LogP) is 1.33. The average molecular weight is 189 g/mol. The number of ketones is 1. The van der Waals surface area contributed by atoms with Gasteiger partial charge in [0, 0.05) is 19.2 Å². The third-order valence-corrected chi connectivity index (χ3v) is 1.69. The number of hydrogen-bond donors (Lipinski definition) is 0. The Labute approximate surface area is 79.8 Å². The summed E-state index contributed by atoms with van der Waals surface area (Å²) in [6, 6.07) is 5.03. The monoisotopic (exact) mass is 189 g/mol. The van der Waals surface area contributed by atoms with E-state index in [1.165, 1.54) is 6.92 Å². The molecule has 0 unspecified atom stereocenters. The Balaban J connectivity index is 2.39. The second-order valence-corrected chi connectivity index (χ2v) is 2.74. The summed E-state index contributed by atoms with van der Waals surface area (Å²) < 4.78 is 4.81. The topological polar surface area (TPSA) is 68.9 Å². The summed E-state index contributed by atoms with van der Waals surface area (Å²) in [6.07, 6.45) is 1.56. The highest BCUT2D eigenvalue weighted by Gasteiger charge is 2.10. The molecule has 2 rings (SSSR count). The molecule has 0 aromatic carbocycles. The molecule has 0 saturated heterocycles. The molecule has 14 heavy (non-hydrogen) atoms. The van der Waals surface area contributed by atoms with E-state index >= 15 is 0 Å². The number of hydrogen-bond acceptors (Lipinski definition) is 5. The maximum Gasteiger partial charge on any atom is 0.202 e. The summed E-state index contributed by atoms with van der Waals surface area (Å²) in [5.74, 6) is 0.0679. The first kappa shape index (κ1) is 8.55. The second-order valence-electron chi connectivity index (χ2n) is 2.74. The third-order valence-electron chi connectivity index (χ3n) is 1.69. The summed E-state index contributed by atoms with van der Waals surface area (Å²) >= 11 is 0. The van der Waals surface area contributed by atoms with E-state index < -0.39 is 0 Å². The fraction of sp³-hybridized carbons (Fsp3) is 0.111. The van der Waals surface area contributed by atoms with Crippen LogP contribution in [0, 0.1) is 0 Å². The van der Waals surface area contributed by atoms with Crippen LogP contribution in [0.15, 0.2) is 28.9 Å². The molecule has 0 aliphatic rings. The Kier molecular flexibility index (Phi) is 2.06. The number of carbonyl (C=O) groups excluding carboxylic acids is 1. The highest BCUT2D eigenvalue weighted by Crippen LogP contribution is 2.15. The number of rotatable bonds is 2. The zero-order valence-corrected chi connectivity index (χ0v) is 7.47. The maximum absolute atomic E-state index is 10.9. The first-order valence-electron chi connectivity index (χ1n) is 4.03. The van der Waals surface area contributed by atoms with Gasteiger partial charge in [-0.3, -0.25) is 4.79 Å². The quantitative estimate of drug-likeness (QED) is 0.666. The van der Waals surface area contributed by atoms with Crippen molar-refractivity contribution in [1.29, 1.82) is 0 Å². The van der Waals surface area contributed by atoms with Crippen LogP contribution >= 0.6 is 0 Å². The molecule has 0 fully saturated rings. The Hall–Kier alpha value is -2.04. The van der Waals surface area contributed by atoms with Crippen LogP contribution in [0.5, 0.6) is 0 Å². The molecule has 0 amide bonds. The largest absolute Gasteiger partial charge is 0.352 e. The number of aromatic nitrogens is 3. The molecule has 5 nitrogen and oxygen atoms in total. The minimum Gasteiger partial charge on any atom is -0.352 e. The lowest BCUT2D eigenvalue weighted by Crippen LogP contribution is -1.87. The first-order valence-corrected chi connectivity index (χ1v) is 4.03. The molecule has 0 aliphatic carbocycles. The summed E-state index contributed by atoms with van der Waals surface area (Å²) in [5, 5.41) is 11.2. The summed E-state index contributed by atoms with van der Waals surface area (Å²) in [5.41, 5.74) is 1.10. The molecule has 2 aromatic rings. The molecular weight excluding hydrogens is 182 g/mol. The number of Topliss-reactive ketones (excluding diaryl/α,β-unsaturated/α-hetero) is 1. The fourth-order valence-corrected chi connectivity index (χ4v) is 1.000. The van der Waals surface area contributed by atoms with Crippen LogP contribution < -0.4 is 0 Å². The van der Waals surface area contributed by atoms with Crippen molar-refractivity contribution in [2.45, 2.75) is 6.92 Å². The normalized spacial score (nSPS) is 10.1. The molecule has 0 bridgehead atoms. The van der Waals surface area contributed by atoms with E-state index in [1.54, 1.807) is 24.4 Å². The Morgan fingerprint density at radius 3 is 2.86 bits per heavy atom. The van der Waals surface area contributed by atoms with Gasteiger partial charge in [-0.1, -0.05) is 5.16 Å². The lowest BCUT2D eigenvalue weighted by Gasteiger charge is -1.88. The fourth-order valence-electron chi connectivity index (χ4n) is 1.000. The van der Waals surface area contributed by atoms with Gasteiger partial charge in [0.15, 0.2) is 5.78 Å². The van der Waals surface area contributed by atoms with Crippen LogP contribution in [0.25, 0.3) is 11.4 Å². The predicted molar refractivity (Wildman–Crippen MR) is 47.5 cm³/mol. The molecule has 0 atom stereocenters. The minimum absolute atomic E-state index is 0.160. The third kappa shape index (κ3) is 1.52. The number of nitrogens with zero attached hydrogens (tertiary/aromatic N) is 3. The lowest BCUT2D eigenvalue weighted by molar-refractivity contribution is 0.0978. The maximum atomic E-state index is 10.9. The summed E-state index contributed by atoms with van der Waals surface area (Å²) in [6.45, 7) is 1.42. The van der Waals surface area contributed by atoms with Crippen LogP contribution in [0.1, 0.15) is 17.5 Å². The van der Waals surface area contributed by atoms with Crippen LogP contribution in [-0.4, -0.2) is 21.1 Å². The van der Waals surface area contributed by atoms with Gasteiger partial charge in [0.25, 0.3) is 0 Å². The van der Waals surface area contributed by atoms with Crippen molar-refractivity contribution in [3.05, 3.63) is 30.2 Å². The van der Waals surface area contributed by atoms with E-state index in [2.05, 4.69) is 15.4 Å². The number of carbonyl (C=O) groups is 1. The van der Waals surface area contributed by atoms with Crippen molar-refractivity contribution < 1.29 is 9.32 Å². The van der Waals surface area contributed by atoms with Crippen molar-refractivity contribution >= 4 is 5.78 Å². The SMILES string of the molecule is CC(=O)c1cc(-c2cccnn2)no1. The van der Waals surface area contributed by atoms with Gasteiger partial charge in [-0.2, -0.15) is 5.10 Å². The molecule has 0 saturated carbocycles. The van der Waals surface area contributed by atoms with Crippen LogP contribution in [0.4, 0.5) is 0 Å². The van der Waals surface area contributed by atoms with E-state index in [9.17, 15) is 4.79 Å². The van der Waals surface area contributed by atoms with E-state index in [0.717, 1.165) is 0 Å². The van der Waals surface area contributed by atoms with Crippen molar-refractivity contribution in [3.63, 3.8) is 0 Å². The average Bonchev–Trinajstić information content (AvgIpc) is 2.68. The smallest absolute Gasteiger partial charge is 0.202 e. The van der Waals surface area contributed by atoms with Gasteiger partial charge in [0.1, 0.15) is 11.4 Å². The van der Waals surface area contributed by atoms with Crippen molar-refractivity contribution in [2.24, 2.45) is 0 Å². The van der Waals surface area contributed by atoms with Crippen LogP contribution in [-0.2, 0) is 0 Å². The molecule has 0 aliphatic heterocycles. The van der Waals surface area contributed by atoms with Crippen LogP contribution in [0.3, 0.4) is 0 Å². The van der Waals surface area contributed by atoms with Crippen molar-refractivity contribution in [1.82, 2.24) is 15.4 Å². The zero-order valence-electron chi connectivity index (χ0n) is 7.47. The molecule has 0 radical (unpaired) electrons. The van der Waals surface area contributed by atoms with Crippen molar-refractivity contribution in [3.8, 4) is 11.4 Å². The van der Waals surface area contributed by atoms with E-state index in [0.29, 0.717) is 11.4 Å². The molecule has 0 N–H and O–H groups in total. The Morgan fingerprint density at radius 1 is 1.43 bits per heavy atom. The molecule has 70 valence electrons. The minimum atomic E-state index is -0.160. The van der Waals surface area contributed by atoms with E-state index in [4.69, 9.17) is 4.52 Å². The standard InChI is InChI=1S/C9H7N3O2/c1-6(13)9-5-8(12-14-9)7-3-2-4-10-11-7/h2-5H,1H3. The molecule has 5 heteroatoms. The Morgan fingerprint density at radius 2 is 2.29 bits per heavy atom. The van der Waals surface area contributed by atoms with Gasteiger partial charge < -0.3 is 4.52 Å². The Bertz CT molecular complexity index is 450.